The molecule has 1 aliphatic rings. The van der Waals surface area contributed by atoms with E-state index in [2.05, 4.69) is 20.4 Å². The minimum absolute atomic E-state index is 0.162. The lowest BCUT2D eigenvalue weighted by molar-refractivity contribution is -0.384. The summed E-state index contributed by atoms with van der Waals surface area (Å²) in [6, 6.07) is 28.0. The lowest BCUT2D eigenvalue weighted by Crippen LogP contribution is -2.46. The zero-order chi connectivity index (χ0) is 40.4. The quantitative estimate of drug-likeness (QED) is 0.0475. The summed E-state index contributed by atoms with van der Waals surface area (Å²) in [4.78, 5) is 29.1. The lowest BCUT2D eigenvalue weighted by Gasteiger charge is -2.35. The molecule has 0 atom stereocenters. The molecule has 17 heteroatoms. The number of carbonyl (C=O) groups excluding carboxylic acids is 1. The fourth-order valence-corrected chi connectivity index (χ4v) is 8.07. The van der Waals surface area contributed by atoms with Crippen molar-refractivity contribution in [1.82, 2.24) is 19.8 Å². The van der Waals surface area contributed by atoms with E-state index in [1.54, 1.807) is 32.0 Å². The fraction of sp³-hybridized carbons (Fsp3) is 0.275. The first-order valence-electron chi connectivity index (χ1n) is 18.1. The van der Waals surface area contributed by atoms with Crippen LogP contribution in [0.2, 0.25) is 0 Å². The average molecular weight is 814 g/mol. The normalized spacial score (nSPS) is 13.1. The minimum Gasteiger partial charge on any atom is -0.496 e. The Kier molecular flexibility index (Phi) is 13.5. The number of thioether (sulfide) groups is 1. The molecule has 1 aliphatic heterocycles. The molecule has 1 fully saturated rings. The molecule has 2 heterocycles. The Balaban J connectivity index is 1.04. The van der Waals surface area contributed by atoms with Crippen LogP contribution in [-0.4, -0.2) is 93.6 Å². The van der Waals surface area contributed by atoms with Gasteiger partial charge < -0.3 is 24.4 Å². The second-order valence-electron chi connectivity index (χ2n) is 12.8. The first-order chi connectivity index (χ1) is 27.6. The van der Waals surface area contributed by atoms with E-state index >= 15 is 0 Å². The number of rotatable bonds is 17. The van der Waals surface area contributed by atoms with Gasteiger partial charge in [0, 0.05) is 56.0 Å². The van der Waals surface area contributed by atoms with Crippen molar-refractivity contribution in [2.75, 3.05) is 69.5 Å². The SMILES string of the molecule is CCOc1cccc(-c2cc(OC)c(CN3CCN(c4ccc(C(=O)NS(=O)(=O)c5ccc(NCCSc6ccccc6)c([N+](=O)[O-])c5)nn4)CC3)c(OC)c2)c1. The van der Waals surface area contributed by atoms with Crippen molar-refractivity contribution in [2.24, 2.45) is 0 Å². The summed E-state index contributed by atoms with van der Waals surface area (Å²) in [6.07, 6.45) is 0. The molecule has 0 spiro atoms. The highest BCUT2D eigenvalue weighted by Crippen LogP contribution is 2.37. The molecule has 0 saturated carbocycles. The number of carbonyl (C=O) groups is 1. The van der Waals surface area contributed by atoms with Gasteiger partial charge in [0.2, 0.25) is 0 Å². The maximum atomic E-state index is 13.1. The number of nitrogens with zero attached hydrogens (tertiary/aromatic N) is 5. The van der Waals surface area contributed by atoms with Crippen LogP contribution in [-0.2, 0) is 16.6 Å². The zero-order valence-corrected chi connectivity index (χ0v) is 33.3. The molecule has 0 radical (unpaired) electrons. The molecule has 0 bridgehead atoms. The summed E-state index contributed by atoms with van der Waals surface area (Å²) in [5.74, 6) is 2.36. The minimum atomic E-state index is -4.48. The molecule has 57 heavy (non-hydrogen) atoms. The monoisotopic (exact) mass is 813 g/mol. The van der Waals surface area contributed by atoms with Gasteiger partial charge in [0.1, 0.15) is 22.9 Å². The second kappa shape index (κ2) is 18.8. The molecule has 0 unspecified atom stereocenters. The van der Waals surface area contributed by atoms with E-state index in [-0.39, 0.29) is 11.4 Å². The van der Waals surface area contributed by atoms with E-state index in [1.807, 2.05) is 83.3 Å². The number of benzene rings is 4. The molecule has 4 aromatic carbocycles. The second-order valence-corrected chi connectivity index (χ2v) is 15.7. The Labute approximate surface area is 335 Å². The van der Waals surface area contributed by atoms with Gasteiger partial charge in [0.25, 0.3) is 21.6 Å². The van der Waals surface area contributed by atoms with Gasteiger partial charge in [0.05, 0.1) is 36.2 Å². The summed E-state index contributed by atoms with van der Waals surface area (Å²) in [7, 11) is -1.19. The largest absolute Gasteiger partial charge is 0.496 e. The van der Waals surface area contributed by atoms with Crippen LogP contribution >= 0.6 is 11.8 Å². The fourth-order valence-electron chi connectivity index (χ4n) is 6.30. The van der Waals surface area contributed by atoms with Crippen molar-refractivity contribution in [2.45, 2.75) is 23.3 Å². The number of hydrogen-bond donors (Lipinski definition) is 2. The van der Waals surface area contributed by atoms with Crippen LogP contribution in [0.1, 0.15) is 23.0 Å². The summed E-state index contributed by atoms with van der Waals surface area (Å²) in [5.41, 5.74) is 2.36. The number of piperazine rings is 1. The maximum Gasteiger partial charge on any atom is 0.293 e. The zero-order valence-electron chi connectivity index (χ0n) is 31.7. The van der Waals surface area contributed by atoms with Crippen LogP contribution in [0, 0.1) is 10.1 Å². The topological polar surface area (TPSA) is 178 Å². The Morgan fingerprint density at radius 2 is 1.61 bits per heavy atom. The van der Waals surface area contributed by atoms with E-state index < -0.39 is 31.4 Å². The van der Waals surface area contributed by atoms with Crippen LogP contribution in [0.3, 0.4) is 0 Å². The third kappa shape index (κ3) is 10.3. The van der Waals surface area contributed by atoms with Gasteiger partial charge in [-0.3, -0.25) is 19.8 Å². The number of amides is 1. The number of nitro groups is 1. The molecule has 6 rings (SSSR count). The number of methoxy groups -OCH3 is 2. The lowest BCUT2D eigenvalue weighted by atomic mass is 10.0. The van der Waals surface area contributed by atoms with Gasteiger partial charge in [-0.2, -0.15) is 0 Å². The highest BCUT2D eigenvalue weighted by Gasteiger charge is 2.26. The van der Waals surface area contributed by atoms with Gasteiger partial charge in [0.15, 0.2) is 11.5 Å². The molecular weight excluding hydrogens is 771 g/mol. The van der Waals surface area contributed by atoms with E-state index in [0.717, 1.165) is 33.4 Å². The van der Waals surface area contributed by atoms with Crippen molar-refractivity contribution < 1.29 is 32.3 Å². The van der Waals surface area contributed by atoms with E-state index in [1.165, 1.54) is 18.2 Å². The summed E-state index contributed by atoms with van der Waals surface area (Å²) < 4.78 is 45.6. The van der Waals surface area contributed by atoms with Crippen LogP contribution in [0.15, 0.2) is 107 Å². The summed E-state index contributed by atoms with van der Waals surface area (Å²) >= 11 is 1.58. The molecule has 15 nitrogen and oxygen atoms in total. The van der Waals surface area contributed by atoms with Crippen LogP contribution in [0.25, 0.3) is 11.1 Å². The van der Waals surface area contributed by atoms with Crippen LogP contribution in [0.4, 0.5) is 17.2 Å². The summed E-state index contributed by atoms with van der Waals surface area (Å²) in [5, 5.41) is 23.0. The Bertz CT molecular complexity index is 2260. The van der Waals surface area contributed by atoms with Crippen molar-refractivity contribution >= 4 is 44.9 Å². The third-order valence-corrected chi connectivity index (χ3v) is 11.5. The molecule has 5 aromatic rings. The molecule has 1 saturated heterocycles. The number of ether oxygens (including phenoxy) is 3. The Morgan fingerprint density at radius 3 is 2.26 bits per heavy atom. The first-order valence-corrected chi connectivity index (χ1v) is 20.6. The predicted molar refractivity (Wildman–Crippen MR) is 219 cm³/mol. The van der Waals surface area contributed by atoms with Crippen molar-refractivity contribution in [1.29, 1.82) is 0 Å². The summed E-state index contributed by atoms with van der Waals surface area (Å²) in [6.45, 7) is 6.15. The van der Waals surface area contributed by atoms with E-state index in [0.29, 0.717) is 68.9 Å². The van der Waals surface area contributed by atoms with E-state index in [4.69, 9.17) is 14.2 Å². The molecule has 0 aliphatic carbocycles. The molecule has 2 N–H and O–H groups in total. The highest BCUT2D eigenvalue weighted by atomic mass is 32.2. The van der Waals surface area contributed by atoms with Crippen LogP contribution < -0.4 is 29.1 Å². The predicted octanol–water partition coefficient (Wildman–Crippen LogP) is 6.11. The smallest absolute Gasteiger partial charge is 0.293 e. The molecular formula is C40H43N7O8S2. The number of nitrogens with one attached hydrogen (secondary N) is 2. The van der Waals surface area contributed by atoms with Gasteiger partial charge in [-0.25, -0.2) is 13.1 Å². The van der Waals surface area contributed by atoms with Crippen molar-refractivity contribution in [3.8, 4) is 28.4 Å². The number of aromatic nitrogens is 2. The molecule has 1 aromatic heterocycles. The number of sulfonamides is 1. The van der Waals surface area contributed by atoms with Gasteiger partial charge >= 0.3 is 0 Å². The Hall–Kier alpha value is -5.91. The number of nitro benzene ring substituents is 1. The van der Waals surface area contributed by atoms with Crippen LogP contribution in [0.5, 0.6) is 17.2 Å². The maximum absolute atomic E-state index is 13.1. The number of anilines is 2. The standard InChI is InChI=1S/C40H43N7O8S2/c1-4-55-30-10-8-9-28(23-30)29-24-37(53-2)33(38(25-29)54-3)27-45-18-20-46(21-19-45)39-16-15-35(42-43-39)40(48)44-57(51,52)32-13-14-34(36(26-32)47(49)50)41-17-22-56-31-11-6-5-7-12-31/h5-16,23-26,41H,4,17-22,27H2,1-3H3,(H,44,48). The Morgan fingerprint density at radius 1 is 0.877 bits per heavy atom. The van der Waals surface area contributed by atoms with E-state index in [9.17, 15) is 23.3 Å². The van der Waals surface area contributed by atoms with Gasteiger partial charge in [-0.1, -0.05) is 30.3 Å². The van der Waals surface area contributed by atoms with Gasteiger partial charge in [-0.15, -0.1) is 22.0 Å². The average Bonchev–Trinajstić information content (AvgIpc) is 3.23. The van der Waals surface area contributed by atoms with Crippen molar-refractivity contribution in [3.05, 3.63) is 118 Å². The third-order valence-electron chi connectivity index (χ3n) is 9.18. The highest BCUT2D eigenvalue weighted by molar-refractivity contribution is 7.99. The number of hydrogen-bond acceptors (Lipinski definition) is 14. The molecule has 1 amide bonds. The van der Waals surface area contributed by atoms with Crippen molar-refractivity contribution in [3.63, 3.8) is 0 Å². The molecule has 298 valence electrons. The van der Waals surface area contributed by atoms with Gasteiger partial charge in [-0.05, 0) is 78.7 Å². The first kappa shape index (κ1) is 40.7.